The average Bonchev–Trinajstić information content (AvgIpc) is 2.52. The molecule has 0 atom stereocenters. The van der Waals surface area contributed by atoms with Crippen molar-refractivity contribution in [2.75, 3.05) is 12.3 Å². The van der Waals surface area contributed by atoms with E-state index in [-0.39, 0.29) is 29.4 Å². The van der Waals surface area contributed by atoms with Gasteiger partial charge in [0, 0.05) is 11.0 Å². The maximum absolute atomic E-state index is 12.2. The smallest absolute Gasteiger partial charge is 0.228 e. The number of hydrogen-bond acceptors (Lipinski definition) is 4. The van der Waals surface area contributed by atoms with Crippen LogP contribution in [0.5, 0.6) is 0 Å². The Labute approximate surface area is 151 Å². The van der Waals surface area contributed by atoms with Gasteiger partial charge in [-0.2, -0.15) is 0 Å². The van der Waals surface area contributed by atoms with E-state index in [1.807, 2.05) is 6.07 Å². The first-order valence-electron chi connectivity index (χ1n) is 7.29. The van der Waals surface area contributed by atoms with Crippen molar-refractivity contribution in [1.29, 1.82) is 0 Å². The summed E-state index contributed by atoms with van der Waals surface area (Å²) in [6.45, 7) is 0.0672. The van der Waals surface area contributed by atoms with Crippen LogP contribution in [0.25, 0.3) is 0 Å². The van der Waals surface area contributed by atoms with Gasteiger partial charge in [0.25, 0.3) is 0 Å². The van der Waals surface area contributed by atoms with E-state index in [4.69, 9.17) is 0 Å². The molecule has 0 aliphatic rings. The summed E-state index contributed by atoms with van der Waals surface area (Å²) in [7, 11) is -6.93. The van der Waals surface area contributed by atoms with Crippen molar-refractivity contribution < 1.29 is 16.8 Å². The molecule has 0 saturated carbocycles. The van der Waals surface area contributed by atoms with Gasteiger partial charge in [-0.15, -0.1) is 0 Å². The van der Waals surface area contributed by atoms with Crippen LogP contribution in [0.4, 0.5) is 0 Å². The second-order valence-corrected chi connectivity index (χ2v) is 10.0. The Morgan fingerprint density at radius 1 is 0.875 bits per heavy atom. The van der Waals surface area contributed by atoms with Crippen LogP contribution in [-0.4, -0.2) is 29.1 Å². The fourth-order valence-electron chi connectivity index (χ4n) is 2.14. The third-order valence-electron chi connectivity index (χ3n) is 3.28. The lowest BCUT2D eigenvalue weighted by Crippen LogP contribution is -2.26. The SMILES string of the molecule is O=S(=O)(CCCNS(=O)(=O)c1ccccc1Br)Cc1ccccc1. The molecular formula is C16H18BrNO4S2. The molecule has 130 valence electrons. The number of halogens is 1. The minimum absolute atomic E-state index is 0.0369. The number of benzene rings is 2. The van der Waals surface area contributed by atoms with Crippen LogP contribution in [-0.2, 0) is 25.6 Å². The molecule has 0 amide bonds. The molecule has 0 saturated heterocycles. The minimum atomic E-state index is -3.66. The highest BCUT2D eigenvalue weighted by Crippen LogP contribution is 2.20. The zero-order valence-corrected chi connectivity index (χ0v) is 16.1. The van der Waals surface area contributed by atoms with Crippen LogP contribution in [0.1, 0.15) is 12.0 Å². The lowest BCUT2D eigenvalue weighted by Gasteiger charge is -2.09. The molecular weight excluding hydrogens is 414 g/mol. The number of hydrogen-bond donors (Lipinski definition) is 1. The van der Waals surface area contributed by atoms with E-state index in [1.165, 1.54) is 6.07 Å². The second kappa shape index (κ2) is 8.24. The third kappa shape index (κ3) is 5.70. The predicted molar refractivity (Wildman–Crippen MR) is 97.9 cm³/mol. The summed E-state index contributed by atoms with van der Waals surface area (Å²) in [6, 6.07) is 15.4. The van der Waals surface area contributed by atoms with Gasteiger partial charge < -0.3 is 0 Å². The van der Waals surface area contributed by atoms with Gasteiger partial charge in [-0.1, -0.05) is 42.5 Å². The van der Waals surface area contributed by atoms with Crippen LogP contribution in [0, 0.1) is 0 Å². The van der Waals surface area contributed by atoms with Gasteiger partial charge in [0.1, 0.15) is 0 Å². The van der Waals surface area contributed by atoms with Crippen molar-refractivity contribution in [2.45, 2.75) is 17.1 Å². The molecule has 0 bridgehead atoms. The highest BCUT2D eigenvalue weighted by atomic mass is 79.9. The Bertz CT molecular complexity index is 881. The maximum Gasteiger partial charge on any atom is 0.241 e. The fourth-order valence-corrected chi connectivity index (χ4v) is 5.64. The molecule has 0 aromatic heterocycles. The van der Waals surface area contributed by atoms with E-state index in [9.17, 15) is 16.8 Å². The molecule has 2 aromatic rings. The Morgan fingerprint density at radius 2 is 1.50 bits per heavy atom. The maximum atomic E-state index is 12.2. The third-order valence-corrected chi connectivity index (χ3v) is 7.44. The summed E-state index contributed by atoms with van der Waals surface area (Å²) in [5, 5.41) is 0. The van der Waals surface area contributed by atoms with Crippen molar-refractivity contribution in [3.05, 3.63) is 64.6 Å². The van der Waals surface area contributed by atoms with Gasteiger partial charge in [0.05, 0.1) is 16.4 Å². The predicted octanol–water partition coefficient (Wildman–Crippen LogP) is 2.73. The molecule has 2 rings (SSSR count). The van der Waals surface area contributed by atoms with E-state index >= 15 is 0 Å². The van der Waals surface area contributed by atoms with Crippen molar-refractivity contribution >= 4 is 35.8 Å². The summed E-state index contributed by atoms with van der Waals surface area (Å²) >= 11 is 3.19. The molecule has 0 heterocycles. The molecule has 5 nitrogen and oxygen atoms in total. The summed E-state index contributed by atoms with van der Waals surface area (Å²) in [6.07, 6.45) is 0.221. The quantitative estimate of drug-likeness (QED) is 0.651. The van der Waals surface area contributed by atoms with Crippen molar-refractivity contribution in [3.8, 4) is 0 Å². The van der Waals surface area contributed by atoms with E-state index < -0.39 is 19.9 Å². The van der Waals surface area contributed by atoms with Gasteiger partial charge in [-0.3, -0.25) is 0 Å². The molecule has 0 aliphatic heterocycles. The number of nitrogens with one attached hydrogen (secondary N) is 1. The zero-order valence-electron chi connectivity index (χ0n) is 12.9. The number of rotatable bonds is 8. The molecule has 0 fully saturated rings. The van der Waals surface area contributed by atoms with Crippen LogP contribution >= 0.6 is 15.9 Å². The highest BCUT2D eigenvalue weighted by Gasteiger charge is 2.17. The van der Waals surface area contributed by atoms with Gasteiger partial charge in [0.15, 0.2) is 9.84 Å². The van der Waals surface area contributed by atoms with Crippen LogP contribution < -0.4 is 4.72 Å². The first-order chi connectivity index (χ1) is 11.3. The topological polar surface area (TPSA) is 80.3 Å². The van der Waals surface area contributed by atoms with Crippen LogP contribution in [0.3, 0.4) is 0 Å². The summed E-state index contributed by atoms with van der Waals surface area (Å²) in [5.74, 6) is -0.106. The molecule has 1 N–H and O–H groups in total. The second-order valence-electron chi connectivity index (χ2n) is 5.26. The zero-order chi connectivity index (χ0) is 17.6. The Hall–Kier alpha value is -1.22. The number of sulfonamides is 1. The Morgan fingerprint density at radius 3 is 2.17 bits per heavy atom. The number of sulfone groups is 1. The highest BCUT2D eigenvalue weighted by molar-refractivity contribution is 9.10. The first-order valence-corrected chi connectivity index (χ1v) is 11.4. The van der Waals surface area contributed by atoms with Crippen LogP contribution in [0.2, 0.25) is 0 Å². The molecule has 0 spiro atoms. The van der Waals surface area contributed by atoms with Gasteiger partial charge in [-0.25, -0.2) is 21.6 Å². The van der Waals surface area contributed by atoms with Crippen molar-refractivity contribution in [1.82, 2.24) is 4.72 Å². The largest absolute Gasteiger partial charge is 0.241 e. The Kier molecular flexibility index (Phi) is 6.56. The fraction of sp³-hybridized carbons (Fsp3) is 0.250. The van der Waals surface area contributed by atoms with Gasteiger partial charge in [0.2, 0.25) is 10.0 Å². The molecule has 2 aromatic carbocycles. The van der Waals surface area contributed by atoms with E-state index in [0.29, 0.717) is 4.47 Å². The Balaban J connectivity index is 1.87. The monoisotopic (exact) mass is 431 g/mol. The summed E-state index contributed by atoms with van der Waals surface area (Å²) < 4.78 is 51.4. The van der Waals surface area contributed by atoms with E-state index in [1.54, 1.807) is 42.5 Å². The minimum Gasteiger partial charge on any atom is -0.228 e. The van der Waals surface area contributed by atoms with E-state index in [2.05, 4.69) is 20.7 Å². The van der Waals surface area contributed by atoms with Crippen LogP contribution in [0.15, 0.2) is 64.0 Å². The van der Waals surface area contributed by atoms with E-state index in [0.717, 1.165) is 5.56 Å². The summed E-state index contributed by atoms with van der Waals surface area (Å²) in [5.41, 5.74) is 0.728. The summed E-state index contributed by atoms with van der Waals surface area (Å²) in [4.78, 5) is 0.136. The normalized spacial score (nSPS) is 12.2. The average molecular weight is 432 g/mol. The molecule has 24 heavy (non-hydrogen) atoms. The van der Waals surface area contributed by atoms with Crippen molar-refractivity contribution in [2.24, 2.45) is 0 Å². The molecule has 0 aliphatic carbocycles. The van der Waals surface area contributed by atoms with Crippen molar-refractivity contribution in [3.63, 3.8) is 0 Å². The lowest BCUT2D eigenvalue weighted by atomic mass is 10.2. The molecule has 8 heteroatoms. The first kappa shape index (κ1) is 19.1. The lowest BCUT2D eigenvalue weighted by molar-refractivity contribution is 0.575. The molecule has 0 radical (unpaired) electrons. The van der Waals surface area contributed by atoms with Gasteiger partial charge in [-0.05, 0) is 40.0 Å². The molecule has 0 unspecified atom stereocenters. The van der Waals surface area contributed by atoms with Gasteiger partial charge >= 0.3 is 0 Å². The standard InChI is InChI=1S/C16H18BrNO4S2/c17-15-9-4-5-10-16(15)24(21,22)18-11-6-12-23(19,20)13-14-7-2-1-3-8-14/h1-5,7-10,18H,6,11-13H2.